The van der Waals surface area contributed by atoms with Crippen molar-refractivity contribution in [1.82, 2.24) is 19.7 Å². The molecule has 3 aromatic heterocycles. The number of Topliss-reactive ketones (excluding diaryl/α,β-unsaturated/α-hetero) is 1. The first-order valence-electron chi connectivity index (χ1n) is 6.94. The summed E-state index contributed by atoms with van der Waals surface area (Å²) in [5.41, 5.74) is 2.65. The Hall–Kier alpha value is -2.43. The van der Waals surface area contributed by atoms with Crippen LogP contribution in [0.4, 0.5) is 0 Å². The summed E-state index contributed by atoms with van der Waals surface area (Å²) < 4.78 is 1.86. The number of carbonyl (C=O) groups excluding carboxylic acids is 1. The monoisotopic (exact) mass is 282 g/mol. The number of H-pyrrole nitrogens is 1. The molecule has 0 spiro atoms. The molecule has 0 saturated heterocycles. The van der Waals surface area contributed by atoms with E-state index in [9.17, 15) is 4.79 Å². The van der Waals surface area contributed by atoms with Crippen molar-refractivity contribution in [2.45, 2.75) is 32.7 Å². The van der Waals surface area contributed by atoms with E-state index in [4.69, 9.17) is 0 Å². The van der Waals surface area contributed by atoms with Crippen LogP contribution in [0.25, 0.3) is 22.2 Å². The van der Waals surface area contributed by atoms with E-state index in [0.717, 1.165) is 22.2 Å². The van der Waals surface area contributed by atoms with E-state index in [0.29, 0.717) is 6.42 Å². The number of rotatable bonds is 4. The molecular weight excluding hydrogens is 264 g/mol. The van der Waals surface area contributed by atoms with Crippen LogP contribution in [-0.4, -0.2) is 25.5 Å². The number of ketones is 1. The highest BCUT2D eigenvalue weighted by molar-refractivity contribution is 5.92. The van der Waals surface area contributed by atoms with Crippen LogP contribution in [0.3, 0.4) is 0 Å². The van der Waals surface area contributed by atoms with Crippen molar-refractivity contribution in [3.8, 4) is 11.1 Å². The normalized spacial score (nSPS) is 12.0. The van der Waals surface area contributed by atoms with E-state index < -0.39 is 0 Å². The summed E-state index contributed by atoms with van der Waals surface area (Å²) in [6, 6.07) is 3.99. The molecule has 21 heavy (non-hydrogen) atoms. The molecule has 0 atom stereocenters. The molecule has 5 nitrogen and oxygen atoms in total. The molecule has 108 valence electrons. The predicted molar refractivity (Wildman–Crippen MR) is 81.9 cm³/mol. The van der Waals surface area contributed by atoms with Crippen LogP contribution in [-0.2, 0) is 10.3 Å². The van der Waals surface area contributed by atoms with Crippen molar-refractivity contribution >= 4 is 16.8 Å². The van der Waals surface area contributed by atoms with Gasteiger partial charge in [0, 0.05) is 36.0 Å². The minimum absolute atomic E-state index is 0.161. The Morgan fingerprint density at radius 1 is 1.38 bits per heavy atom. The Bertz CT molecular complexity index is 797. The van der Waals surface area contributed by atoms with Gasteiger partial charge in [-0.3, -0.25) is 9.48 Å². The summed E-state index contributed by atoms with van der Waals surface area (Å²) in [5.74, 6) is 0.161. The summed E-state index contributed by atoms with van der Waals surface area (Å²) in [5, 5.41) is 5.51. The van der Waals surface area contributed by atoms with Crippen LogP contribution in [0.2, 0.25) is 0 Å². The highest BCUT2D eigenvalue weighted by Crippen LogP contribution is 2.28. The van der Waals surface area contributed by atoms with E-state index in [-0.39, 0.29) is 11.3 Å². The van der Waals surface area contributed by atoms with E-state index in [1.807, 2.05) is 49.3 Å². The maximum Gasteiger partial charge on any atom is 0.137 e. The van der Waals surface area contributed by atoms with Gasteiger partial charge in [-0.05, 0) is 38.5 Å². The van der Waals surface area contributed by atoms with Gasteiger partial charge in [-0.1, -0.05) is 0 Å². The van der Waals surface area contributed by atoms with Gasteiger partial charge < -0.3 is 4.98 Å². The Labute approximate surface area is 123 Å². The van der Waals surface area contributed by atoms with Gasteiger partial charge in [0.2, 0.25) is 0 Å². The third-order valence-corrected chi connectivity index (χ3v) is 3.66. The van der Waals surface area contributed by atoms with Crippen LogP contribution >= 0.6 is 0 Å². The second kappa shape index (κ2) is 4.84. The average molecular weight is 282 g/mol. The van der Waals surface area contributed by atoms with Crippen LogP contribution in [0, 0.1) is 0 Å². The third-order valence-electron chi connectivity index (χ3n) is 3.66. The molecule has 0 unspecified atom stereocenters. The lowest BCUT2D eigenvalue weighted by atomic mass is 9.98. The second-order valence-electron chi connectivity index (χ2n) is 5.96. The molecule has 0 amide bonds. The molecule has 1 N–H and O–H groups in total. The maximum absolute atomic E-state index is 11.4. The third kappa shape index (κ3) is 2.46. The Kier molecular flexibility index (Phi) is 3.12. The Morgan fingerprint density at radius 2 is 2.19 bits per heavy atom. The zero-order chi connectivity index (χ0) is 15.0. The smallest absolute Gasteiger partial charge is 0.137 e. The number of aromatic nitrogens is 4. The Morgan fingerprint density at radius 3 is 2.95 bits per heavy atom. The van der Waals surface area contributed by atoms with Crippen LogP contribution < -0.4 is 0 Å². The fraction of sp³-hybridized carbons (Fsp3) is 0.312. The lowest BCUT2D eigenvalue weighted by molar-refractivity contribution is -0.118. The van der Waals surface area contributed by atoms with Gasteiger partial charge in [0.05, 0.1) is 11.7 Å². The highest BCUT2D eigenvalue weighted by atomic mass is 16.1. The minimum atomic E-state index is -0.325. The fourth-order valence-corrected chi connectivity index (χ4v) is 2.70. The van der Waals surface area contributed by atoms with E-state index in [1.165, 1.54) is 0 Å². The molecule has 0 aliphatic rings. The molecule has 0 saturated carbocycles. The lowest BCUT2D eigenvalue weighted by Gasteiger charge is -2.23. The van der Waals surface area contributed by atoms with Crippen molar-refractivity contribution in [3.05, 3.63) is 36.9 Å². The number of carbonyl (C=O) groups is 1. The van der Waals surface area contributed by atoms with Crippen molar-refractivity contribution in [1.29, 1.82) is 0 Å². The van der Waals surface area contributed by atoms with Gasteiger partial charge >= 0.3 is 0 Å². The summed E-state index contributed by atoms with van der Waals surface area (Å²) in [6.07, 6.45) is 7.95. The Balaban J connectivity index is 2.02. The number of hydrogen-bond acceptors (Lipinski definition) is 3. The van der Waals surface area contributed by atoms with E-state index in [1.54, 1.807) is 13.1 Å². The molecule has 0 bridgehead atoms. The number of nitrogens with one attached hydrogen (secondary N) is 1. The number of aromatic amines is 1. The largest absolute Gasteiger partial charge is 0.346 e. The summed E-state index contributed by atoms with van der Waals surface area (Å²) in [4.78, 5) is 18.8. The summed E-state index contributed by atoms with van der Waals surface area (Å²) >= 11 is 0. The predicted octanol–water partition coefficient (Wildman–Crippen LogP) is 3.14. The molecule has 3 rings (SSSR count). The molecule has 0 fully saturated rings. The SMILES string of the molecule is CC(=O)CC(C)(C)n1cc(-c2ccnc3[nH]ccc23)cn1. The van der Waals surface area contributed by atoms with E-state index >= 15 is 0 Å². The fourth-order valence-electron chi connectivity index (χ4n) is 2.70. The first-order valence-corrected chi connectivity index (χ1v) is 6.94. The van der Waals surface area contributed by atoms with Gasteiger partial charge in [0.25, 0.3) is 0 Å². The molecule has 0 radical (unpaired) electrons. The quantitative estimate of drug-likeness (QED) is 0.799. The summed E-state index contributed by atoms with van der Waals surface area (Å²) in [6.45, 7) is 5.64. The molecular formula is C16H18N4O. The van der Waals surface area contributed by atoms with Gasteiger partial charge in [0.1, 0.15) is 11.4 Å². The number of fused-ring (bicyclic) bond motifs is 1. The van der Waals surface area contributed by atoms with Crippen LogP contribution in [0.1, 0.15) is 27.2 Å². The van der Waals surface area contributed by atoms with Crippen molar-refractivity contribution in [2.75, 3.05) is 0 Å². The topological polar surface area (TPSA) is 63.6 Å². The summed E-state index contributed by atoms with van der Waals surface area (Å²) in [7, 11) is 0. The molecule has 5 heteroatoms. The zero-order valence-corrected chi connectivity index (χ0v) is 12.4. The van der Waals surface area contributed by atoms with Gasteiger partial charge in [0.15, 0.2) is 0 Å². The molecule has 0 aliphatic heterocycles. The first kappa shape index (κ1) is 13.5. The molecule has 0 aromatic carbocycles. The van der Waals surface area contributed by atoms with Gasteiger partial charge in [-0.15, -0.1) is 0 Å². The van der Waals surface area contributed by atoms with Gasteiger partial charge in [-0.2, -0.15) is 5.10 Å². The van der Waals surface area contributed by atoms with Crippen molar-refractivity contribution in [2.24, 2.45) is 0 Å². The highest BCUT2D eigenvalue weighted by Gasteiger charge is 2.23. The second-order valence-corrected chi connectivity index (χ2v) is 5.96. The van der Waals surface area contributed by atoms with Crippen LogP contribution in [0.15, 0.2) is 36.9 Å². The van der Waals surface area contributed by atoms with Gasteiger partial charge in [-0.25, -0.2) is 4.98 Å². The number of pyridine rings is 1. The maximum atomic E-state index is 11.4. The number of nitrogens with zero attached hydrogens (tertiary/aromatic N) is 3. The molecule has 0 aliphatic carbocycles. The average Bonchev–Trinajstić information content (AvgIpc) is 3.06. The number of hydrogen-bond donors (Lipinski definition) is 1. The van der Waals surface area contributed by atoms with Crippen molar-refractivity contribution in [3.63, 3.8) is 0 Å². The van der Waals surface area contributed by atoms with E-state index in [2.05, 4.69) is 15.1 Å². The molecule has 3 heterocycles. The van der Waals surface area contributed by atoms with Crippen molar-refractivity contribution < 1.29 is 4.79 Å². The molecule has 3 aromatic rings. The minimum Gasteiger partial charge on any atom is -0.346 e. The lowest BCUT2D eigenvalue weighted by Crippen LogP contribution is -2.29. The van der Waals surface area contributed by atoms with Crippen LogP contribution in [0.5, 0.6) is 0 Å². The first-order chi connectivity index (χ1) is 9.97. The zero-order valence-electron chi connectivity index (χ0n) is 12.4. The standard InChI is InChI=1S/C16H18N4O/c1-11(21)8-16(2,3)20-10-12(9-19-20)13-4-6-17-15-14(13)5-7-18-15/h4-7,9-10H,8H2,1-3H3,(H,17,18).